The molecule has 1 aromatic carbocycles. The highest BCUT2D eigenvalue weighted by Gasteiger charge is 2.19. The Bertz CT molecular complexity index is 1190. The lowest BCUT2D eigenvalue weighted by atomic mass is 9.92. The van der Waals surface area contributed by atoms with Crippen LogP contribution in [0, 0.1) is 20.8 Å². The van der Waals surface area contributed by atoms with Crippen LogP contribution in [0.5, 0.6) is 0 Å². The van der Waals surface area contributed by atoms with Gasteiger partial charge in [0.05, 0.1) is 21.5 Å². The molecule has 4 aromatic rings. The summed E-state index contributed by atoms with van der Waals surface area (Å²) in [6, 6.07) is 6.13. The highest BCUT2D eigenvalue weighted by molar-refractivity contribution is 7.25. The molecule has 0 aliphatic rings. The van der Waals surface area contributed by atoms with Gasteiger partial charge in [-0.25, -0.2) is 9.97 Å². The highest BCUT2D eigenvalue weighted by atomic mass is 32.1. The maximum Gasteiger partial charge on any atom is 0.149 e. The fourth-order valence-corrected chi connectivity index (χ4v) is 4.62. The van der Waals surface area contributed by atoms with Gasteiger partial charge in [-0.2, -0.15) is 5.10 Å². The van der Waals surface area contributed by atoms with Crippen LogP contribution in [-0.2, 0) is 12.1 Å². The number of nitrogens with zero attached hydrogens (tertiary/aromatic N) is 4. The summed E-state index contributed by atoms with van der Waals surface area (Å²) in [6.45, 7) is 10.3. The van der Waals surface area contributed by atoms with Crippen LogP contribution in [0.1, 0.15) is 41.8 Å². The summed E-state index contributed by atoms with van der Waals surface area (Å²) in [4.78, 5) is 9.83. The number of hydrogen-bond acceptors (Lipinski definition) is 7. The van der Waals surface area contributed by atoms with Crippen molar-refractivity contribution in [3.63, 3.8) is 0 Å². The molecule has 0 amide bonds. The van der Waals surface area contributed by atoms with E-state index in [-0.39, 0.29) is 0 Å². The van der Waals surface area contributed by atoms with Gasteiger partial charge in [-0.3, -0.25) is 0 Å². The summed E-state index contributed by atoms with van der Waals surface area (Å²) in [5.74, 6) is 0.800. The molecule has 0 saturated carbocycles. The molecular formula is C21H23N5OS. The smallest absolute Gasteiger partial charge is 0.149 e. The number of fused-ring (bicyclic) bond motifs is 3. The van der Waals surface area contributed by atoms with E-state index in [1.807, 2.05) is 26.0 Å². The van der Waals surface area contributed by atoms with Crippen LogP contribution in [0.3, 0.4) is 0 Å². The number of thiophene rings is 1. The Morgan fingerprint density at radius 2 is 1.89 bits per heavy atom. The van der Waals surface area contributed by atoms with E-state index in [9.17, 15) is 5.11 Å². The van der Waals surface area contributed by atoms with Gasteiger partial charge >= 0.3 is 0 Å². The number of benzene rings is 1. The average Bonchev–Trinajstić information content (AvgIpc) is 3.02. The lowest BCUT2D eigenvalue weighted by Gasteiger charge is -2.21. The number of aromatic nitrogens is 4. The van der Waals surface area contributed by atoms with E-state index >= 15 is 0 Å². The minimum Gasteiger partial charge on any atom is -0.386 e. The quantitative estimate of drug-likeness (QED) is 0.535. The fourth-order valence-electron chi connectivity index (χ4n) is 3.52. The van der Waals surface area contributed by atoms with Gasteiger partial charge in [-0.15, -0.1) is 16.4 Å². The van der Waals surface area contributed by atoms with Crippen LogP contribution in [0.4, 0.5) is 5.82 Å². The van der Waals surface area contributed by atoms with E-state index in [2.05, 4.69) is 38.5 Å². The molecule has 0 aliphatic heterocycles. The molecule has 0 aliphatic carbocycles. The molecule has 3 aromatic heterocycles. The maximum absolute atomic E-state index is 10.3. The predicted molar refractivity (Wildman–Crippen MR) is 114 cm³/mol. The monoisotopic (exact) mass is 393 g/mol. The summed E-state index contributed by atoms with van der Waals surface area (Å²) < 4.78 is 0.991. The van der Waals surface area contributed by atoms with E-state index < -0.39 is 5.60 Å². The molecule has 0 saturated heterocycles. The minimum absolute atomic E-state index is 0.636. The Morgan fingerprint density at radius 1 is 1.11 bits per heavy atom. The number of aliphatic hydroxyl groups is 1. The lowest BCUT2D eigenvalue weighted by Crippen LogP contribution is -2.17. The first kappa shape index (κ1) is 18.7. The van der Waals surface area contributed by atoms with Gasteiger partial charge in [0.25, 0.3) is 0 Å². The third kappa shape index (κ3) is 3.21. The first-order chi connectivity index (χ1) is 13.3. The molecule has 0 bridgehead atoms. The summed E-state index contributed by atoms with van der Waals surface area (Å²) in [5.41, 5.74) is 5.24. The summed E-state index contributed by atoms with van der Waals surface area (Å²) in [6.07, 6.45) is 1.59. The minimum atomic E-state index is -0.844. The number of rotatable bonds is 4. The molecule has 2 N–H and O–H groups in total. The van der Waals surface area contributed by atoms with Crippen molar-refractivity contribution in [1.82, 2.24) is 20.2 Å². The Labute approximate surface area is 167 Å². The van der Waals surface area contributed by atoms with Crippen molar-refractivity contribution in [3.05, 3.63) is 52.5 Å². The predicted octanol–water partition coefficient (Wildman–Crippen LogP) is 4.40. The zero-order valence-electron chi connectivity index (χ0n) is 16.7. The Hall–Kier alpha value is -2.64. The number of anilines is 1. The van der Waals surface area contributed by atoms with E-state index in [0.717, 1.165) is 54.2 Å². The fraction of sp³-hybridized carbons (Fsp3) is 0.333. The molecule has 4 rings (SSSR count). The second-order valence-corrected chi connectivity index (χ2v) is 8.65. The van der Waals surface area contributed by atoms with Crippen LogP contribution in [0.25, 0.3) is 20.4 Å². The summed E-state index contributed by atoms with van der Waals surface area (Å²) in [7, 11) is 0. The average molecular weight is 394 g/mol. The number of aryl methyl sites for hydroxylation is 3. The summed E-state index contributed by atoms with van der Waals surface area (Å²) in [5, 5.41) is 23.3. The third-order valence-corrected chi connectivity index (χ3v) is 6.14. The van der Waals surface area contributed by atoms with Crippen molar-refractivity contribution >= 4 is 37.6 Å². The van der Waals surface area contributed by atoms with Crippen LogP contribution < -0.4 is 5.32 Å². The lowest BCUT2D eigenvalue weighted by molar-refractivity contribution is 0.0779. The van der Waals surface area contributed by atoms with Crippen molar-refractivity contribution in [3.8, 4) is 0 Å². The van der Waals surface area contributed by atoms with Crippen molar-refractivity contribution in [2.24, 2.45) is 0 Å². The topological polar surface area (TPSA) is 83.8 Å². The maximum atomic E-state index is 10.3. The van der Waals surface area contributed by atoms with Gasteiger partial charge in [0.15, 0.2) is 0 Å². The van der Waals surface area contributed by atoms with E-state index in [4.69, 9.17) is 0 Å². The van der Waals surface area contributed by atoms with Crippen LogP contribution in [-0.4, -0.2) is 25.3 Å². The zero-order valence-corrected chi connectivity index (χ0v) is 17.5. The Kier molecular flexibility index (Phi) is 4.51. The molecule has 0 fully saturated rings. The molecular weight excluding hydrogens is 370 g/mol. The van der Waals surface area contributed by atoms with E-state index in [1.165, 1.54) is 0 Å². The molecule has 28 heavy (non-hydrogen) atoms. The SMILES string of the molecule is Cc1cc(CNc2ncnc3c2sc2nnc(C)c(C)c23)ccc1C(C)(C)O. The van der Waals surface area contributed by atoms with E-state index in [0.29, 0.717) is 6.54 Å². The normalized spacial score (nSPS) is 12.1. The largest absolute Gasteiger partial charge is 0.386 e. The highest BCUT2D eigenvalue weighted by Crippen LogP contribution is 2.36. The number of hydrogen-bond donors (Lipinski definition) is 2. The molecule has 0 atom stereocenters. The molecule has 7 heteroatoms. The van der Waals surface area contributed by atoms with E-state index in [1.54, 1.807) is 31.5 Å². The molecule has 6 nitrogen and oxygen atoms in total. The second-order valence-electron chi connectivity index (χ2n) is 7.65. The number of nitrogens with one attached hydrogen (secondary N) is 1. The van der Waals surface area contributed by atoms with Gasteiger partial charge in [-0.05, 0) is 56.9 Å². The first-order valence-corrected chi connectivity index (χ1v) is 10.0. The molecule has 0 unspecified atom stereocenters. The van der Waals surface area contributed by atoms with Gasteiger partial charge in [0, 0.05) is 11.9 Å². The second kappa shape index (κ2) is 6.76. The first-order valence-electron chi connectivity index (χ1n) is 9.19. The summed E-state index contributed by atoms with van der Waals surface area (Å²) >= 11 is 1.56. The molecule has 0 spiro atoms. The third-order valence-electron chi connectivity index (χ3n) is 5.07. The molecule has 144 valence electrons. The van der Waals surface area contributed by atoms with Crippen LogP contribution in [0.2, 0.25) is 0 Å². The molecule has 0 radical (unpaired) electrons. The molecule has 3 heterocycles. The van der Waals surface area contributed by atoms with Gasteiger partial charge in [0.2, 0.25) is 0 Å². The van der Waals surface area contributed by atoms with Crippen molar-refractivity contribution in [2.45, 2.75) is 46.8 Å². The van der Waals surface area contributed by atoms with Crippen molar-refractivity contribution < 1.29 is 5.11 Å². The Balaban J connectivity index is 1.68. The van der Waals surface area contributed by atoms with Crippen molar-refractivity contribution in [1.29, 1.82) is 0 Å². The van der Waals surface area contributed by atoms with Crippen LogP contribution in [0.15, 0.2) is 24.5 Å². The Morgan fingerprint density at radius 3 is 2.61 bits per heavy atom. The standard InChI is InChI=1S/C21H23N5OS/c1-11-8-14(6-7-15(11)21(4,5)27)9-22-19-18-17(23-10-24-19)16-12(2)13(3)25-26-20(16)28-18/h6-8,10,27H,9H2,1-5H3,(H,22,23,24). The van der Waals surface area contributed by atoms with Gasteiger partial charge in [-0.1, -0.05) is 18.2 Å². The van der Waals surface area contributed by atoms with Crippen molar-refractivity contribution in [2.75, 3.05) is 5.32 Å². The van der Waals surface area contributed by atoms with Gasteiger partial charge in [0.1, 0.15) is 17.0 Å². The van der Waals surface area contributed by atoms with Crippen LogP contribution >= 0.6 is 11.3 Å². The van der Waals surface area contributed by atoms with Gasteiger partial charge < -0.3 is 10.4 Å². The zero-order chi connectivity index (χ0) is 20.1.